The van der Waals surface area contributed by atoms with Crippen LogP contribution >= 0.6 is 0 Å². The van der Waals surface area contributed by atoms with Crippen LogP contribution in [0.1, 0.15) is 57.8 Å². The van der Waals surface area contributed by atoms with E-state index in [4.69, 9.17) is 14.2 Å². The molecule has 6 heteroatoms. The van der Waals surface area contributed by atoms with E-state index in [1.54, 1.807) is 25.1 Å². The molecular formula is C19H29NO5. The number of rotatable bonds is 9. The number of amides is 1. The predicted molar refractivity (Wildman–Crippen MR) is 97.1 cm³/mol. The molecule has 25 heavy (non-hydrogen) atoms. The van der Waals surface area contributed by atoms with Crippen LogP contribution in [0.2, 0.25) is 0 Å². The highest BCUT2D eigenvalue weighted by atomic mass is 16.5. The molecule has 1 aromatic rings. The van der Waals surface area contributed by atoms with Crippen LogP contribution < -0.4 is 10.1 Å². The van der Waals surface area contributed by atoms with Crippen LogP contribution in [0.3, 0.4) is 0 Å². The Balaban J connectivity index is 3.09. The summed E-state index contributed by atoms with van der Waals surface area (Å²) < 4.78 is 16.1. The lowest BCUT2D eigenvalue weighted by Gasteiger charge is -2.28. The van der Waals surface area contributed by atoms with Crippen molar-refractivity contribution in [1.82, 2.24) is 0 Å². The highest BCUT2D eigenvalue weighted by Gasteiger charge is 2.33. The van der Waals surface area contributed by atoms with Gasteiger partial charge < -0.3 is 19.5 Å². The van der Waals surface area contributed by atoms with Gasteiger partial charge in [-0.3, -0.25) is 4.79 Å². The normalized spacial score (nSPS) is 13.2. The molecule has 0 unspecified atom stereocenters. The number of carbonyl (C=O) groups excluding carboxylic acids is 2. The minimum atomic E-state index is -0.915. The summed E-state index contributed by atoms with van der Waals surface area (Å²) in [4.78, 5) is 24.7. The van der Waals surface area contributed by atoms with Crippen molar-refractivity contribution in [3.8, 4) is 5.75 Å². The Kier molecular flexibility index (Phi) is 7.90. The summed E-state index contributed by atoms with van der Waals surface area (Å²) in [5.41, 5.74) is -0.159. The molecule has 0 bridgehead atoms. The van der Waals surface area contributed by atoms with Crippen LogP contribution in [-0.2, 0) is 14.3 Å². The highest BCUT2D eigenvalue weighted by Crippen LogP contribution is 2.26. The minimum Gasteiger partial charge on any atom is -0.490 e. The quantitative estimate of drug-likeness (QED) is 0.685. The van der Waals surface area contributed by atoms with Gasteiger partial charge in [0.05, 0.1) is 13.2 Å². The molecule has 0 fully saturated rings. The number of methoxy groups -OCH3 is 1. The Labute approximate surface area is 149 Å². The molecule has 0 aliphatic carbocycles. The van der Waals surface area contributed by atoms with Crippen molar-refractivity contribution in [3.05, 3.63) is 23.8 Å². The van der Waals surface area contributed by atoms with E-state index in [0.29, 0.717) is 24.5 Å². The van der Waals surface area contributed by atoms with Crippen molar-refractivity contribution in [2.24, 2.45) is 0 Å². The SMILES string of the molecule is CCC[C@@](C)(OCC)C(=O)Nc1ccc(OC(C)C)c(C(=O)OC)c1. The highest BCUT2D eigenvalue weighted by molar-refractivity contribution is 5.99. The van der Waals surface area contributed by atoms with Gasteiger partial charge in [-0.1, -0.05) is 13.3 Å². The van der Waals surface area contributed by atoms with Crippen molar-refractivity contribution in [2.45, 2.75) is 59.2 Å². The summed E-state index contributed by atoms with van der Waals surface area (Å²) in [5.74, 6) is -0.349. The standard InChI is InChI=1S/C19H29NO5/c1-7-11-19(5,24-8-2)18(22)20-14-9-10-16(25-13(3)4)15(12-14)17(21)23-6/h9-10,12-13H,7-8,11H2,1-6H3,(H,20,22)/t19-/m1/s1. The number of ether oxygens (including phenoxy) is 3. The van der Waals surface area contributed by atoms with Gasteiger partial charge in [-0.2, -0.15) is 0 Å². The molecule has 0 spiro atoms. The average Bonchev–Trinajstić information content (AvgIpc) is 2.55. The van der Waals surface area contributed by atoms with Crippen LogP contribution in [0.15, 0.2) is 18.2 Å². The molecule has 1 amide bonds. The van der Waals surface area contributed by atoms with Crippen molar-refractivity contribution in [3.63, 3.8) is 0 Å². The first-order valence-electron chi connectivity index (χ1n) is 8.61. The van der Waals surface area contributed by atoms with Gasteiger partial charge in [0.15, 0.2) is 0 Å². The maximum absolute atomic E-state index is 12.6. The first-order chi connectivity index (χ1) is 11.8. The Morgan fingerprint density at radius 2 is 1.92 bits per heavy atom. The fourth-order valence-electron chi connectivity index (χ4n) is 2.54. The van der Waals surface area contributed by atoms with E-state index in [9.17, 15) is 9.59 Å². The van der Waals surface area contributed by atoms with Crippen molar-refractivity contribution < 1.29 is 23.8 Å². The van der Waals surface area contributed by atoms with Gasteiger partial charge in [-0.15, -0.1) is 0 Å². The fraction of sp³-hybridized carbons (Fsp3) is 0.579. The maximum Gasteiger partial charge on any atom is 0.341 e. The van der Waals surface area contributed by atoms with Crippen LogP contribution in [0.5, 0.6) is 5.75 Å². The zero-order chi connectivity index (χ0) is 19.0. The summed E-state index contributed by atoms with van der Waals surface area (Å²) in [7, 11) is 1.31. The maximum atomic E-state index is 12.6. The molecule has 1 rings (SSSR count). The number of esters is 1. The van der Waals surface area contributed by atoms with E-state index in [1.807, 2.05) is 27.7 Å². The van der Waals surface area contributed by atoms with E-state index in [2.05, 4.69) is 5.32 Å². The van der Waals surface area contributed by atoms with Gasteiger partial charge in [0.2, 0.25) is 0 Å². The second-order valence-corrected chi connectivity index (χ2v) is 6.24. The van der Waals surface area contributed by atoms with Gasteiger partial charge >= 0.3 is 5.97 Å². The average molecular weight is 351 g/mol. The number of benzene rings is 1. The summed E-state index contributed by atoms with van der Waals surface area (Å²) in [6, 6.07) is 4.90. The molecule has 6 nitrogen and oxygen atoms in total. The smallest absolute Gasteiger partial charge is 0.341 e. The lowest BCUT2D eigenvalue weighted by atomic mass is 9.99. The molecule has 0 heterocycles. The minimum absolute atomic E-state index is 0.0883. The Morgan fingerprint density at radius 1 is 1.24 bits per heavy atom. The van der Waals surface area contributed by atoms with E-state index < -0.39 is 11.6 Å². The number of nitrogens with one attached hydrogen (secondary N) is 1. The second-order valence-electron chi connectivity index (χ2n) is 6.24. The number of hydrogen-bond donors (Lipinski definition) is 1. The number of hydrogen-bond acceptors (Lipinski definition) is 5. The molecule has 0 aliphatic heterocycles. The Bertz CT molecular complexity index is 591. The van der Waals surface area contributed by atoms with E-state index in [1.165, 1.54) is 7.11 Å². The third-order valence-electron chi connectivity index (χ3n) is 3.68. The van der Waals surface area contributed by atoms with Crippen molar-refractivity contribution in [1.29, 1.82) is 0 Å². The van der Waals surface area contributed by atoms with Gasteiger partial charge in [0.25, 0.3) is 5.91 Å². The first kappa shape index (κ1) is 21.0. The second kappa shape index (κ2) is 9.42. The lowest BCUT2D eigenvalue weighted by molar-refractivity contribution is -0.139. The van der Waals surface area contributed by atoms with Crippen LogP contribution in [-0.4, -0.2) is 37.3 Å². The van der Waals surface area contributed by atoms with Gasteiger partial charge in [-0.05, 0) is 52.3 Å². The molecule has 0 aliphatic rings. The van der Waals surface area contributed by atoms with E-state index >= 15 is 0 Å². The predicted octanol–water partition coefficient (Wildman–Crippen LogP) is 3.79. The van der Waals surface area contributed by atoms with Crippen LogP contribution in [0, 0.1) is 0 Å². The fourth-order valence-corrected chi connectivity index (χ4v) is 2.54. The van der Waals surface area contributed by atoms with E-state index in [0.717, 1.165) is 6.42 Å². The third-order valence-corrected chi connectivity index (χ3v) is 3.68. The number of carbonyl (C=O) groups is 2. The van der Waals surface area contributed by atoms with Gasteiger partial charge in [-0.25, -0.2) is 4.79 Å². The molecule has 1 N–H and O–H groups in total. The van der Waals surface area contributed by atoms with Gasteiger partial charge in [0, 0.05) is 12.3 Å². The van der Waals surface area contributed by atoms with E-state index in [-0.39, 0.29) is 17.6 Å². The lowest BCUT2D eigenvalue weighted by Crippen LogP contribution is -2.42. The van der Waals surface area contributed by atoms with Crippen molar-refractivity contribution in [2.75, 3.05) is 19.0 Å². The van der Waals surface area contributed by atoms with Crippen molar-refractivity contribution >= 4 is 17.6 Å². The largest absolute Gasteiger partial charge is 0.490 e. The monoisotopic (exact) mass is 351 g/mol. The summed E-state index contributed by atoms with van der Waals surface area (Å²) in [5, 5.41) is 2.82. The van der Waals surface area contributed by atoms with Gasteiger partial charge in [0.1, 0.15) is 16.9 Å². The van der Waals surface area contributed by atoms with Crippen LogP contribution in [0.4, 0.5) is 5.69 Å². The topological polar surface area (TPSA) is 73.9 Å². The molecule has 0 aromatic heterocycles. The molecule has 0 saturated heterocycles. The zero-order valence-electron chi connectivity index (χ0n) is 16.0. The molecule has 140 valence electrons. The molecule has 0 radical (unpaired) electrons. The number of anilines is 1. The Hall–Kier alpha value is -2.08. The summed E-state index contributed by atoms with van der Waals surface area (Å²) in [6.45, 7) is 9.81. The summed E-state index contributed by atoms with van der Waals surface area (Å²) >= 11 is 0. The molecular weight excluding hydrogens is 322 g/mol. The molecule has 1 aromatic carbocycles. The molecule has 0 saturated carbocycles. The van der Waals surface area contributed by atoms with Crippen LogP contribution in [0.25, 0.3) is 0 Å². The zero-order valence-corrected chi connectivity index (χ0v) is 16.0. The summed E-state index contributed by atoms with van der Waals surface area (Å²) in [6.07, 6.45) is 1.33. The third kappa shape index (κ3) is 5.74. The first-order valence-corrected chi connectivity index (χ1v) is 8.61. The molecule has 1 atom stereocenters. The Morgan fingerprint density at radius 3 is 2.44 bits per heavy atom.